The standard InChI is InChI=1S/C24H26N6O2/c1-31-15-11-25-24-26-16-20(23-27-22(28-30(23)24)21-8-5-14-32-21)17-29-12-9-19(10-13-29)18-6-3-2-4-7-18/h2-9,14,16H,10-13,15,17H2,1H3,(H,25,26). The van der Waals surface area contributed by atoms with E-state index in [1.807, 2.05) is 18.3 Å². The molecule has 1 aliphatic heterocycles. The summed E-state index contributed by atoms with van der Waals surface area (Å²) < 4.78 is 12.4. The molecule has 0 saturated carbocycles. The van der Waals surface area contributed by atoms with Crippen molar-refractivity contribution in [3.8, 4) is 11.6 Å². The van der Waals surface area contributed by atoms with Gasteiger partial charge < -0.3 is 14.5 Å². The summed E-state index contributed by atoms with van der Waals surface area (Å²) in [5, 5.41) is 7.93. The van der Waals surface area contributed by atoms with Crippen molar-refractivity contribution in [2.24, 2.45) is 0 Å². The highest BCUT2D eigenvalue weighted by Crippen LogP contribution is 2.25. The van der Waals surface area contributed by atoms with Crippen LogP contribution in [0.5, 0.6) is 0 Å². The average molecular weight is 431 g/mol. The van der Waals surface area contributed by atoms with Gasteiger partial charge in [-0.1, -0.05) is 36.4 Å². The number of hydrogen-bond acceptors (Lipinski definition) is 7. The third-order valence-corrected chi connectivity index (χ3v) is 5.60. The summed E-state index contributed by atoms with van der Waals surface area (Å²) in [5.74, 6) is 1.82. The van der Waals surface area contributed by atoms with Crippen LogP contribution >= 0.6 is 0 Å². The second-order valence-electron chi connectivity index (χ2n) is 7.76. The van der Waals surface area contributed by atoms with E-state index in [9.17, 15) is 0 Å². The van der Waals surface area contributed by atoms with Crippen LogP contribution < -0.4 is 5.32 Å². The number of hydrogen-bond donors (Lipinski definition) is 1. The molecule has 0 fully saturated rings. The molecular formula is C24H26N6O2. The van der Waals surface area contributed by atoms with Crippen molar-refractivity contribution in [2.75, 3.05) is 38.7 Å². The Morgan fingerprint density at radius 3 is 2.81 bits per heavy atom. The molecule has 8 nitrogen and oxygen atoms in total. The van der Waals surface area contributed by atoms with E-state index in [-0.39, 0.29) is 0 Å². The monoisotopic (exact) mass is 430 g/mol. The van der Waals surface area contributed by atoms with Gasteiger partial charge in [0.05, 0.1) is 12.9 Å². The first-order chi connectivity index (χ1) is 15.8. The Labute approximate surface area is 186 Å². The lowest BCUT2D eigenvalue weighted by atomic mass is 9.99. The Morgan fingerprint density at radius 2 is 2.06 bits per heavy atom. The number of methoxy groups -OCH3 is 1. The number of nitrogens with one attached hydrogen (secondary N) is 1. The summed E-state index contributed by atoms with van der Waals surface area (Å²) in [7, 11) is 1.68. The maximum atomic E-state index is 5.51. The third kappa shape index (κ3) is 4.28. The van der Waals surface area contributed by atoms with Crippen molar-refractivity contribution >= 4 is 17.2 Å². The van der Waals surface area contributed by atoms with E-state index in [2.05, 4.69) is 56.7 Å². The predicted octanol–water partition coefficient (Wildman–Crippen LogP) is 3.73. The van der Waals surface area contributed by atoms with E-state index in [1.54, 1.807) is 17.9 Å². The molecule has 0 aliphatic carbocycles. The average Bonchev–Trinajstić information content (AvgIpc) is 3.52. The fraction of sp³-hybridized carbons (Fsp3) is 0.292. The fourth-order valence-corrected chi connectivity index (χ4v) is 3.94. The van der Waals surface area contributed by atoms with Crippen LogP contribution in [0.3, 0.4) is 0 Å². The first kappa shape index (κ1) is 20.4. The molecule has 0 radical (unpaired) electrons. The fourth-order valence-electron chi connectivity index (χ4n) is 3.94. The van der Waals surface area contributed by atoms with Crippen LogP contribution in [0.15, 0.2) is 65.4 Å². The molecule has 0 amide bonds. The minimum atomic E-state index is 0.545. The number of ether oxygens (including phenoxy) is 1. The van der Waals surface area contributed by atoms with Crippen molar-refractivity contribution in [1.29, 1.82) is 0 Å². The van der Waals surface area contributed by atoms with E-state index in [1.165, 1.54) is 11.1 Å². The highest BCUT2D eigenvalue weighted by atomic mass is 16.5. The maximum Gasteiger partial charge on any atom is 0.225 e. The lowest BCUT2D eigenvalue weighted by Gasteiger charge is -2.26. The molecule has 0 unspecified atom stereocenters. The topological polar surface area (TPSA) is 80.7 Å². The molecule has 0 spiro atoms. The summed E-state index contributed by atoms with van der Waals surface area (Å²) >= 11 is 0. The van der Waals surface area contributed by atoms with Crippen LogP contribution in [-0.2, 0) is 11.3 Å². The highest BCUT2D eigenvalue weighted by molar-refractivity contribution is 5.66. The van der Waals surface area contributed by atoms with E-state index >= 15 is 0 Å². The molecule has 4 aromatic rings. The number of anilines is 1. The molecule has 164 valence electrons. The van der Waals surface area contributed by atoms with E-state index in [0.717, 1.165) is 37.3 Å². The van der Waals surface area contributed by atoms with Gasteiger partial charge in [0, 0.05) is 45.0 Å². The maximum absolute atomic E-state index is 5.51. The van der Waals surface area contributed by atoms with Crippen LogP contribution in [0.4, 0.5) is 5.95 Å². The van der Waals surface area contributed by atoms with Gasteiger partial charge in [-0.2, -0.15) is 4.52 Å². The summed E-state index contributed by atoms with van der Waals surface area (Å²) in [6.45, 7) is 3.84. The van der Waals surface area contributed by atoms with Crippen LogP contribution in [0.25, 0.3) is 22.8 Å². The molecule has 3 aromatic heterocycles. The number of rotatable bonds is 8. The largest absolute Gasteiger partial charge is 0.461 e. The normalized spacial score (nSPS) is 14.6. The van der Waals surface area contributed by atoms with Crippen LogP contribution in [0, 0.1) is 0 Å². The van der Waals surface area contributed by atoms with Gasteiger partial charge in [0.2, 0.25) is 11.8 Å². The second-order valence-corrected chi connectivity index (χ2v) is 7.76. The van der Waals surface area contributed by atoms with Gasteiger partial charge in [-0.05, 0) is 29.7 Å². The lowest BCUT2D eigenvalue weighted by molar-refractivity contribution is 0.210. The zero-order valence-electron chi connectivity index (χ0n) is 18.1. The first-order valence-electron chi connectivity index (χ1n) is 10.8. The molecule has 0 atom stereocenters. The summed E-state index contributed by atoms with van der Waals surface area (Å²) in [6.07, 6.45) is 6.86. The number of furan rings is 1. The van der Waals surface area contributed by atoms with Crippen molar-refractivity contribution in [2.45, 2.75) is 13.0 Å². The van der Waals surface area contributed by atoms with E-state index < -0.39 is 0 Å². The Balaban J connectivity index is 1.40. The van der Waals surface area contributed by atoms with Gasteiger partial charge in [-0.15, -0.1) is 5.10 Å². The zero-order valence-corrected chi connectivity index (χ0v) is 18.1. The Hall–Kier alpha value is -3.49. The molecule has 4 heterocycles. The summed E-state index contributed by atoms with van der Waals surface area (Å²) in [4.78, 5) is 11.8. The van der Waals surface area contributed by atoms with Crippen molar-refractivity contribution < 1.29 is 9.15 Å². The number of fused-ring (bicyclic) bond motifs is 1. The number of benzene rings is 1. The van der Waals surface area contributed by atoms with E-state index in [0.29, 0.717) is 30.7 Å². The SMILES string of the molecule is COCCNc1ncc(CN2CC=C(c3ccccc3)CC2)c2nc(-c3ccco3)nn12. The van der Waals surface area contributed by atoms with Gasteiger partial charge in [0.25, 0.3) is 0 Å². The molecule has 1 N–H and O–H groups in total. The molecule has 1 aliphatic rings. The number of aromatic nitrogens is 4. The molecule has 0 bridgehead atoms. The third-order valence-electron chi connectivity index (χ3n) is 5.60. The van der Waals surface area contributed by atoms with Gasteiger partial charge >= 0.3 is 0 Å². The minimum Gasteiger partial charge on any atom is -0.461 e. The smallest absolute Gasteiger partial charge is 0.225 e. The molecular weight excluding hydrogens is 404 g/mol. The molecule has 0 saturated heterocycles. The Kier molecular flexibility index (Phi) is 5.96. The van der Waals surface area contributed by atoms with Crippen molar-refractivity contribution in [3.05, 3.63) is 72.1 Å². The van der Waals surface area contributed by atoms with Crippen LogP contribution in [0.1, 0.15) is 17.5 Å². The predicted molar refractivity (Wildman–Crippen MR) is 123 cm³/mol. The van der Waals surface area contributed by atoms with Crippen molar-refractivity contribution in [1.82, 2.24) is 24.5 Å². The number of nitrogens with zero attached hydrogens (tertiary/aromatic N) is 5. The summed E-state index contributed by atoms with van der Waals surface area (Å²) in [6, 6.07) is 14.3. The molecule has 32 heavy (non-hydrogen) atoms. The quantitative estimate of drug-likeness (QED) is 0.427. The Bertz CT molecular complexity index is 1200. The van der Waals surface area contributed by atoms with Crippen molar-refractivity contribution in [3.63, 3.8) is 0 Å². The first-order valence-corrected chi connectivity index (χ1v) is 10.8. The lowest BCUT2D eigenvalue weighted by Crippen LogP contribution is -2.28. The molecule has 5 rings (SSSR count). The van der Waals surface area contributed by atoms with Crippen LogP contribution in [0.2, 0.25) is 0 Å². The van der Waals surface area contributed by atoms with Gasteiger partial charge in [0.1, 0.15) is 0 Å². The second kappa shape index (κ2) is 9.33. The molecule has 8 heteroatoms. The van der Waals surface area contributed by atoms with Gasteiger partial charge in [-0.25, -0.2) is 9.97 Å². The summed E-state index contributed by atoms with van der Waals surface area (Å²) in [5.41, 5.74) is 4.53. The zero-order chi connectivity index (χ0) is 21.8. The van der Waals surface area contributed by atoms with E-state index in [4.69, 9.17) is 14.1 Å². The Morgan fingerprint density at radius 1 is 1.16 bits per heavy atom. The minimum absolute atomic E-state index is 0.545. The van der Waals surface area contributed by atoms with Gasteiger partial charge in [0.15, 0.2) is 11.4 Å². The highest BCUT2D eigenvalue weighted by Gasteiger charge is 2.19. The van der Waals surface area contributed by atoms with Crippen LogP contribution in [-0.4, -0.2) is 57.8 Å². The van der Waals surface area contributed by atoms with Gasteiger partial charge in [-0.3, -0.25) is 4.90 Å². The molecule has 1 aromatic carbocycles.